The highest BCUT2D eigenvalue weighted by molar-refractivity contribution is 5.94. The first-order valence-corrected chi connectivity index (χ1v) is 5.74. The van der Waals surface area contributed by atoms with E-state index in [1.807, 2.05) is 37.4 Å². The molecule has 96 valence electrons. The molecule has 1 heterocycles. The number of aromatic amines is 1. The second-order valence-corrected chi connectivity index (χ2v) is 3.89. The Bertz CT molecular complexity index is 617. The normalized spacial score (nSPS) is 10.9. The van der Waals surface area contributed by atoms with Crippen LogP contribution in [0.3, 0.4) is 0 Å². The number of rotatable bonds is 2. The van der Waals surface area contributed by atoms with Gasteiger partial charge in [0, 0.05) is 24.0 Å². The van der Waals surface area contributed by atoms with Gasteiger partial charge in [0.2, 0.25) is 5.96 Å². The van der Waals surface area contributed by atoms with Gasteiger partial charge in [-0.3, -0.25) is 10.3 Å². The Morgan fingerprint density at radius 2 is 2.11 bits per heavy atom. The lowest BCUT2D eigenvalue weighted by molar-refractivity contribution is 1.21. The molecule has 2 aromatic rings. The van der Waals surface area contributed by atoms with Gasteiger partial charge < -0.3 is 10.3 Å². The van der Waals surface area contributed by atoms with E-state index in [0.29, 0.717) is 5.96 Å². The van der Waals surface area contributed by atoms with Gasteiger partial charge in [0.1, 0.15) is 0 Å². The molecule has 19 heavy (non-hydrogen) atoms. The predicted molar refractivity (Wildman–Crippen MR) is 74.5 cm³/mol. The van der Waals surface area contributed by atoms with Crippen molar-refractivity contribution in [2.75, 3.05) is 12.4 Å². The van der Waals surface area contributed by atoms with Crippen molar-refractivity contribution in [3.05, 3.63) is 36.3 Å². The zero-order valence-corrected chi connectivity index (χ0v) is 10.7. The Balaban J connectivity index is 2.16. The molecule has 0 atom stereocenters. The first kappa shape index (κ1) is 12.6. The SMILES string of the molecule is CN=C(NC#N)Nc1ccc(-c2nc[nH]c2C)cc1. The standard InChI is InChI=1S/C13H14N6/c1-9-12(18-8-17-9)10-3-5-11(6-4-10)19-13(15-2)16-7-14/h3-6,8H,1-2H3,(H,17,18)(H2,15,16,19). The molecule has 0 fully saturated rings. The molecule has 0 saturated carbocycles. The monoisotopic (exact) mass is 254 g/mol. The first-order valence-electron chi connectivity index (χ1n) is 5.74. The van der Waals surface area contributed by atoms with Crippen molar-refractivity contribution >= 4 is 11.6 Å². The van der Waals surface area contributed by atoms with Gasteiger partial charge in [0.15, 0.2) is 6.19 Å². The number of H-pyrrole nitrogens is 1. The van der Waals surface area contributed by atoms with Crippen molar-refractivity contribution in [3.8, 4) is 17.5 Å². The quantitative estimate of drug-likeness (QED) is 0.330. The van der Waals surface area contributed by atoms with E-state index in [1.54, 1.807) is 13.4 Å². The first-order chi connectivity index (χ1) is 9.24. The topological polar surface area (TPSA) is 88.9 Å². The van der Waals surface area contributed by atoms with Crippen molar-refractivity contribution in [1.29, 1.82) is 5.26 Å². The fourth-order valence-electron chi connectivity index (χ4n) is 1.69. The Kier molecular flexibility index (Phi) is 3.78. The second kappa shape index (κ2) is 5.69. The van der Waals surface area contributed by atoms with E-state index in [-0.39, 0.29) is 0 Å². The summed E-state index contributed by atoms with van der Waals surface area (Å²) in [7, 11) is 1.61. The van der Waals surface area contributed by atoms with Crippen molar-refractivity contribution < 1.29 is 0 Å². The summed E-state index contributed by atoms with van der Waals surface area (Å²) in [4.78, 5) is 11.2. The molecule has 0 saturated heterocycles. The molecular formula is C13H14N6. The zero-order chi connectivity index (χ0) is 13.7. The van der Waals surface area contributed by atoms with E-state index < -0.39 is 0 Å². The van der Waals surface area contributed by atoms with Crippen molar-refractivity contribution in [1.82, 2.24) is 15.3 Å². The van der Waals surface area contributed by atoms with E-state index in [2.05, 4.69) is 25.6 Å². The zero-order valence-electron chi connectivity index (χ0n) is 10.7. The van der Waals surface area contributed by atoms with Crippen LogP contribution in [0, 0.1) is 18.4 Å². The molecule has 0 spiro atoms. The third kappa shape index (κ3) is 2.90. The molecule has 1 aromatic heterocycles. The minimum atomic E-state index is 0.409. The van der Waals surface area contributed by atoms with Crippen LogP contribution in [-0.4, -0.2) is 23.0 Å². The Labute approximate surface area is 111 Å². The van der Waals surface area contributed by atoms with Crippen LogP contribution >= 0.6 is 0 Å². The summed E-state index contributed by atoms with van der Waals surface area (Å²) >= 11 is 0. The van der Waals surface area contributed by atoms with Crippen LogP contribution in [0.5, 0.6) is 0 Å². The lowest BCUT2D eigenvalue weighted by atomic mass is 10.1. The number of nitriles is 1. The Morgan fingerprint density at radius 3 is 2.63 bits per heavy atom. The number of imidazole rings is 1. The number of aromatic nitrogens is 2. The summed E-state index contributed by atoms with van der Waals surface area (Å²) in [5.74, 6) is 0.409. The van der Waals surface area contributed by atoms with Crippen LogP contribution in [-0.2, 0) is 0 Å². The number of hydrogen-bond donors (Lipinski definition) is 3. The predicted octanol–water partition coefficient (Wildman–Crippen LogP) is 1.85. The molecule has 2 rings (SSSR count). The van der Waals surface area contributed by atoms with Gasteiger partial charge in [-0.1, -0.05) is 12.1 Å². The number of guanidine groups is 1. The summed E-state index contributed by atoms with van der Waals surface area (Å²) in [6, 6.07) is 7.75. The van der Waals surface area contributed by atoms with Crippen LogP contribution in [0.15, 0.2) is 35.6 Å². The third-order valence-corrected chi connectivity index (χ3v) is 2.65. The molecule has 6 nitrogen and oxygen atoms in total. The molecule has 0 bridgehead atoms. The molecule has 0 amide bonds. The summed E-state index contributed by atoms with van der Waals surface area (Å²) in [5.41, 5.74) is 3.85. The number of aliphatic imine (C=N–C) groups is 1. The maximum absolute atomic E-state index is 8.55. The molecule has 0 aliphatic carbocycles. The van der Waals surface area contributed by atoms with E-state index in [9.17, 15) is 0 Å². The van der Waals surface area contributed by atoms with Gasteiger partial charge in [0.25, 0.3) is 0 Å². The van der Waals surface area contributed by atoms with Crippen LogP contribution in [0.1, 0.15) is 5.69 Å². The number of nitrogens with zero attached hydrogens (tertiary/aromatic N) is 3. The average molecular weight is 254 g/mol. The molecule has 1 aromatic carbocycles. The minimum absolute atomic E-state index is 0.409. The van der Waals surface area contributed by atoms with Gasteiger partial charge in [-0.15, -0.1) is 0 Å². The fourth-order valence-corrected chi connectivity index (χ4v) is 1.69. The van der Waals surface area contributed by atoms with Crippen LogP contribution in [0.25, 0.3) is 11.3 Å². The number of anilines is 1. The highest BCUT2D eigenvalue weighted by Gasteiger charge is 2.04. The minimum Gasteiger partial charge on any atom is -0.348 e. The molecule has 0 unspecified atom stereocenters. The lowest BCUT2D eigenvalue weighted by Crippen LogP contribution is -2.26. The number of benzene rings is 1. The van der Waals surface area contributed by atoms with E-state index in [4.69, 9.17) is 5.26 Å². The van der Waals surface area contributed by atoms with E-state index in [1.165, 1.54) is 0 Å². The van der Waals surface area contributed by atoms with Gasteiger partial charge >= 0.3 is 0 Å². The molecular weight excluding hydrogens is 240 g/mol. The molecule has 0 radical (unpaired) electrons. The number of nitrogens with one attached hydrogen (secondary N) is 3. The van der Waals surface area contributed by atoms with Crippen molar-refractivity contribution in [2.24, 2.45) is 4.99 Å². The fraction of sp³-hybridized carbons (Fsp3) is 0.154. The molecule has 0 aliphatic heterocycles. The summed E-state index contributed by atoms with van der Waals surface area (Å²) < 4.78 is 0. The summed E-state index contributed by atoms with van der Waals surface area (Å²) in [5, 5.41) is 14.0. The van der Waals surface area contributed by atoms with Crippen LogP contribution in [0.4, 0.5) is 5.69 Å². The lowest BCUT2D eigenvalue weighted by Gasteiger charge is -2.07. The molecule has 3 N–H and O–H groups in total. The van der Waals surface area contributed by atoms with Gasteiger partial charge in [-0.05, 0) is 19.1 Å². The maximum Gasteiger partial charge on any atom is 0.208 e. The van der Waals surface area contributed by atoms with Crippen LogP contribution < -0.4 is 10.6 Å². The third-order valence-electron chi connectivity index (χ3n) is 2.65. The largest absolute Gasteiger partial charge is 0.348 e. The maximum atomic E-state index is 8.55. The molecule has 0 aliphatic rings. The van der Waals surface area contributed by atoms with E-state index >= 15 is 0 Å². The smallest absolute Gasteiger partial charge is 0.208 e. The van der Waals surface area contributed by atoms with Crippen molar-refractivity contribution in [2.45, 2.75) is 6.92 Å². The van der Waals surface area contributed by atoms with Gasteiger partial charge in [0.05, 0.1) is 12.0 Å². The summed E-state index contributed by atoms with van der Waals surface area (Å²) in [6.45, 7) is 1.98. The highest BCUT2D eigenvalue weighted by atomic mass is 15.2. The number of aryl methyl sites for hydroxylation is 1. The van der Waals surface area contributed by atoms with Gasteiger partial charge in [-0.2, -0.15) is 5.26 Å². The molecule has 6 heteroatoms. The second-order valence-electron chi connectivity index (χ2n) is 3.89. The van der Waals surface area contributed by atoms with E-state index in [0.717, 1.165) is 22.6 Å². The Hall–Kier alpha value is -2.81. The average Bonchev–Trinajstić information content (AvgIpc) is 2.85. The Morgan fingerprint density at radius 1 is 1.37 bits per heavy atom. The highest BCUT2D eigenvalue weighted by Crippen LogP contribution is 2.21. The van der Waals surface area contributed by atoms with Crippen molar-refractivity contribution in [3.63, 3.8) is 0 Å². The van der Waals surface area contributed by atoms with Gasteiger partial charge in [-0.25, -0.2) is 4.98 Å². The number of hydrogen-bond acceptors (Lipinski definition) is 3. The summed E-state index contributed by atoms with van der Waals surface area (Å²) in [6.07, 6.45) is 3.50. The van der Waals surface area contributed by atoms with Crippen LogP contribution in [0.2, 0.25) is 0 Å².